The first kappa shape index (κ1) is 13.9. The summed E-state index contributed by atoms with van der Waals surface area (Å²) in [5, 5.41) is 13.3. The summed E-state index contributed by atoms with van der Waals surface area (Å²) < 4.78 is 1.13. The number of benzene rings is 1. The molecule has 0 aliphatic heterocycles. The molecule has 0 heterocycles. The Kier molecular flexibility index (Phi) is 4.37. The van der Waals surface area contributed by atoms with Crippen LogP contribution in [0.1, 0.15) is 32.6 Å². The van der Waals surface area contributed by atoms with E-state index < -0.39 is 0 Å². The fourth-order valence-corrected chi connectivity index (χ4v) is 3.41. The largest absolute Gasteiger partial charge is 0.397 e. The highest BCUT2D eigenvalue weighted by Gasteiger charge is 2.34. The van der Waals surface area contributed by atoms with E-state index in [2.05, 4.69) is 34.8 Å². The van der Waals surface area contributed by atoms with Gasteiger partial charge in [-0.05, 0) is 59.5 Å². The molecule has 2 rings (SSSR count). The van der Waals surface area contributed by atoms with Crippen molar-refractivity contribution in [2.24, 2.45) is 5.92 Å². The van der Waals surface area contributed by atoms with Crippen molar-refractivity contribution in [2.75, 3.05) is 17.7 Å². The molecular weight excluding hydrogens is 339 g/mol. The number of hydrogen-bond donors (Lipinski definition) is 3. The summed E-state index contributed by atoms with van der Waals surface area (Å²) in [7, 11) is 0. The molecule has 0 spiro atoms. The van der Waals surface area contributed by atoms with Gasteiger partial charge in [-0.15, -0.1) is 0 Å². The van der Waals surface area contributed by atoms with Gasteiger partial charge in [0.2, 0.25) is 0 Å². The van der Waals surface area contributed by atoms with Crippen molar-refractivity contribution in [3.05, 3.63) is 21.8 Å². The maximum Gasteiger partial charge on any atom is 0.0661 e. The zero-order valence-electron chi connectivity index (χ0n) is 10.7. The van der Waals surface area contributed by atoms with Gasteiger partial charge in [-0.25, -0.2) is 0 Å². The number of hydrogen-bond acceptors (Lipinski definition) is 3. The molecule has 1 aromatic carbocycles. The van der Waals surface area contributed by atoms with Gasteiger partial charge in [0.05, 0.1) is 23.5 Å². The van der Waals surface area contributed by atoms with Gasteiger partial charge in [0.25, 0.3) is 0 Å². The van der Waals surface area contributed by atoms with Crippen LogP contribution >= 0.6 is 22.6 Å². The van der Waals surface area contributed by atoms with Crippen LogP contribution in [0.3, 0.4) is 0 Å². The predicted octanol–water partition coefficient (Wildman–Crippen LogP) is 3.23. The Balaban J connectivity index is 2.19. The van der Waals surface area contributed by atoms with Gasteiger partial charge in [0.1, 0.15) is 0 Å². The van der Waals surface area contributed by atoms with E-state index in [9.17, 15) is 5.11 Å². The Hall–Kier alpha value is -0.490. The number of nitrogens with one attached hydrogen (secondary N) is 1. The molecule has 0 amide bonds. The predicted molar refractivity (Wildman–Crippen MR) is 84.6 cm³/mol. The van der Waals surface area contributed by atoms with E-state index in [1.807, 2.05) is 18.2 Å². The van der Waals surface area contributed by atoms with Crippen molar-refractivity contribution in [2.45, 2.75) is 38.1 Å². The lowest BCUT2D eigenvalue weighted by molar-refractivity contribution is 0.149. The molecule has 1 fully saturated rings. The zero-order valence-corrected chi connectivity index (χ0v) is 12.9. The average Bonchev–Trinajstić information content (AvgIpc) is 2.33. The van der Waals surface area contributed by atoms with Crippen molar-refractivity contribution in [3.63, 3.8) is 0 Å². The lowest BCUT2D eigenvalue weighted by Gasteiger charge is -2.40. The van der Waals surface area contributed by atoms with Gasteiger partial charge in [0, 0.05) is 3.57 Å². The van der Waals surface area contributed by atoms with Crippen LogP contribution in [-0.4, -0.2) is 17.3 Å². The minimum atomic E-state index is -0.196. The maximum absolute atomic E-state index is 9.76. The van der Waals surface area contributed by atoms with Gasteiger partial charge >= 0.3 is 0 Å². The Morgan fingerprint density at radius 3 is 2.94 bits per heavy atom. The van der Waals surface area contributed by atoms with E-state index in [4.69, 9.17) is 5.73 Å². The summed E-state index contributed by atoms with van der Waals surface area (Å²) in [6, 6.07) is 6.00. The first-order valence-electron chi connectivity index (χ1n) is 6.49. The molecule has 100 valence electrons. The molecule has 1 saturated carbocycles. The summed E-state index contributed by atoms with van der Waals surface area (Å²) in [6.07, 6.45) is 4.44. The van der Waals surface area contributed by atoms with Gasteiger partial charge in [-0.1, -0.05) is 19.8 Å². The second-order valence-electron chi connectivity index (χ2n) is 5.50. The molecule has 0 saturated heterocycles. The van der Waals surface area contributed by atoms with E-state index in [1.54, 1.807) is 0 Å². The number of halogens is 1. The second kappa shape index (κ2) is 5.65. The van der Waals surface area contributed by atoms with E-state index in [0.717, 1.165) is 27.8 Å². The number of aliphatic hydroxyl groups is 1. The van der Waals surface area contributed by atoms with Crippen LogP contribution in [0.2, 0.25) is 0 Å². The first-order chi connectivity index (χ1) is 8.54. The number of nitrogen functional groups attached to an aromatic ring is 1. The minimum Gasteiger partial charge on any atom is -0.397 e. The van der Waals surface area contributed by atoms with E-state index in [0.29, 0.717) is 5.92 Å². The number of rotatable bonds is 3. The SMILES string of the molecule is CC1CCCC(CO)(Nc2ccc(I)cc2N)C1. The van der Waals surface area contributed by atoms with E-state index >= 15 is 0 Å². The molecule has 0 radical (unpaired) electrons. The molecule has 1 aliphatic carbocycles. The molecule has 2 unspecified atom stereocenters. The van der Waals surface area contributed by atoms with Crippen LogP contribution < -0.4 is 11.1 Å². The summed E-state index contributed by atoms with van der Waals surface area (Å²) in [6.45, 7) is 2.42. The topological polar surface area (TPSA) is 58.3 Å². The standard InChI is InChI=1S/C14H21IN2O/c1-10-3-2-6-14(8-10,9-18)17-13-5-4-11(15)7-12(13)16/h4-5,7,10,17-18H,2-3,6,8-9,16H2,1H3. The summed E-state index contributed by atoms with van der Waals surface area (Å²) in [5.41, 5.74) is 7.54. The molecule has 3 nitrogen and oxygen atoms in total. The molecule has 0 bridgehead atoms. The van der Waals surface area contributed by atoms with Crippen molar-refractivity contribution in [3.8, 4) is 0 Å². The molecule has 1 aliphatic rings. The van der Waals surface area contributed by atoms with Gasteiger partial charge in [-0.3, -0.25) is 0 Å². The zero-order chi connectivity index (χ0) is 13.2. The Labute approximate surface area is 122 Å². The average molecular weight is 360 g/mol. The molecule has 0 aromatic heterocycles. The Morgan fingerprint density at radius 2 is 2.33 bits per heavy atom. The second-order valence-corrected chi connectivity index (χ2v) is 6.74. The quantitative estimate of drug-likeness (QED) is 0.573. The number of anilines is 2. The van der Waals surface area contributed by atoms with E-state index in [-0.39, 0.29) is 12.1 Å². The van der Waals surface area contributed by atoms with E-state index in [1.165, 1.54) is 12.8 Å². The third-order valence-corrected chi connectivity index (χ3v) is 4.48. The highest BCUT2D eigenvalue weighted by molar-refractivity contribution is 14.1. The van der Waals surface area contributed by atoms with Crippen molar-refractivity contribution < 1.29 is 5.11 Å². The summed E-state index contributed by atoms with van der Waals surface area (Å²) in [4.78, 5) is 0. The van der Waals surface area contributed by atoms with Crippen molar-refractivity contribution in [1.82, 2.24) is 0 Å². The van der Waals surface area contributed by atoms with Crippen LogP contribution in [0, 0.1) is 9.49 Å². The number of aliphatic hydroxyl groups excluding tert-OH is 1. The molecule has 4 heteroatoms. The third kappa shape index (κ3) is 3.09. The van der Waals surface area contributed by atoms with Crippen LogP contribution in [0.15, 0.2) is 18.2 Å². The molecule has 18 heavy (non-hydrogen) atoms. The number of nitrogens with two attached hydrogens (primary N) is 1. The highest BCUT2D eigenvalue weighted by atomic mass is 127. The molecule has 4 N–H and O–H groups in total. The van der Waals surface area contributed by atoms with Crippen LogP contribution in [0.5, 0.6) is 0 Å². The van der Waals surface area contributed by atoms with Crippen LogP contribution in [0.4, 0.5) is 11.4 Å². The van der Waals surface area contributed by atoms with Gasteiger partial charge in [0.15, 0.2) is 0 Å². The normalized spacial score (nSPS) is 28.1. The summed E-state index contributed by atoms with van der Waals surface area (Å²) in [5.74, 6) is 0.656. The molecule has 2 atom stereocenters. The highest BCUT2D eigenvalue weighted by Crippen LogP contribution is 2.36. The Morgan fingerprint density at radius 1 is 1.56 bits per heavy atom. The maximum atomic E-state index is 9.76. The van der Waals surface area contributed by atoms with Crippen LogP contribution in [0.25, 0.3) is 0 Å². The fourth-order valence-electron chi connectivity index (χ4n) is 2.89. The van der Waals surface area contributed by atoms with Gasteiger partial charge < -0.3 is 16.2 Å². The molecular formula is C14H21IN2O. The van der Waals surface area contributed by atoms with Crippen molar-refractivity contribution >= 4 is 34.0 Å². The first-order valence-corrected chi connectivity index (χ1v) is 7.57. The van der Waals surface area contributed by atoms with Gasteiger partial charge in [-0.2, -0.15) is 0 Å². The minimum absolute atomic E-state index is 0.169. The third-order valence-electron chi connectivity index (χ3n) is 3.81. The van der Waals surface area contributed by atoms with Crippen molar-refractivity contribution in [1.29, 1.82) is 0 Å². The lowest BCUT2D eigenvalue weighted by atomic mass is 9.76. The lowest BCUT2D eigenvalue weighted by Crippen LogP contribution is -2.46. The molecule has 1 aromatic rings. The smallest absolute Gasteiger partial charge is 0.0661 e. The van der Waals surface area contributed by atoms with Crippen LogP contribution in [-0.2, 0) is 0 Å². The Bertz CT molecular complexity index is 424. The fraction of sp³-hybridized carbons (Fsp3) is 0.571. The monoisotopic (exact) mass is 360 g/mol. The summed E-state index contributed by atoms with van der Waals surface area (Å²) >= 11 is 2.25.